The molecule has 3 aromatic rings. The molecular weight excluding hydrogens is 234 g/mol. The number of rotatable bonds is 2. The Balaban J connectivity index is 1.97. The smallest absolute Gasteiger partial charge is 0.173 e. The highest BCUT2D eigenvalue weighted by atomic mass is 32.1. The van der Waals surface area contributed by atoms with Crippen molar-refractivity contribution in [2.24, 2.45) is 0 Å². The van der Waals surface area contributed by atoms with Crippen molar-refractivity contribution in [2.75, 3.05) is 11.1 Å². The van der Waals surface area contributed by atoms with Crippen LogP contribution in [0.5, 0.6) is 0 Å². The molecule has 0 aliphatic carbocycles. The van der Waals surface area contributed by atoms with Crippen LogP contribution in [0.4, 0.5) is 17.3 Å². The Morgan fingerprint density at radius 1 is 1.12 bits per heavy atom. The third-order valence-corrected chi connectivity index (χ3v) is 3.11. The summed E-state index contributed by atoms with van der Waals surface area (Å²) in [6.07, 6.45) is 3.16. The Bertz CT molecular complexity index is 664. The molecule has 0 spiro atoms. The fraction of sp³-hybridized carbons (Fsp3) is 0. The van der Waals surface area contributed by atoms with Gasteiger partial charge in [-0.2, -0.15) is 0 Å². The van der Waals surface area contributed by atoms with Crippen LogP contribution >= 0.6 is 11.3 Å². The molecule has 0 aliphatic heterocycles. The predicted molar refractivity (Wildman–Crippen MR) is 69.3 cm³/mol. The molecule has 0 saturated heterocycles. The van der Waals surface area contributed by atoms with Crippen molar-refractivity contribution in [3.8, 4) is 0 Å². The molecule has 6 heteroatoms. The molecule has 0 amide bonds. The number of hydrogen-bond acceptors (Lipinski definition) is 6. The number of nitrogen functional groups attached to an aromatic ring is 1. The maximum Gasteiger partial charge on any atom is 0.173 e. The second-order valence-electron chi connectivity index (χ2n) is 3.45. The Morgan fingerprint density at radius 2 is 2.00 bits per heavy atom. The van der Waals surface area contributed by atoms with Crippen molar-refractivity contribution >= 4 is 38.9 Å². The van der Waals surface area contributed by atoms with E-state index in [1.54, 1.807) is 23.7 Å². The number of benzene rings is 1. The third-order valence-electron chi connectivity index (χ3n) is 2.32. The van der Waals surface area contributed by atoms with E-state index in [0.29, 0.717) is 11.6 Å². The lowest BCUT2D eigenvalue weighted by molar-refractivity contribution is 1.21. The molecule has 1 aromatic carbocycles. The van der Waals surface area contributed by atoms with Crippen molar-refractivity contribution < 1.29 is 0 Å². The summed E-state index contributed by atoms with van der Waals surface area (Å²) in [5.41, 5.74) is 9.46. The molecule has 0 unspecified atom stereocenters. The van der Waals surface area contributed by atoms with Gasteiger partial charge in [-0.15, -0.1) is 11.3 Å². The summed E-state index contributed by atoms with van der Waals surface area (Å²) >= 11 is 1.60. The summed E-state index contributed by atoms with van der Waals surface area (Å²) in [7, 11) is 0. The van der Waals surface area contributed by atoms with Gasteiger partial charge in [0, 0.05) is 18.1 Å². The van der Waals surface area contributed by atoms with E-state index in [9.17, 15) is 0 Å². The minimum Gasteiger partial charge on any atom is -0.381 e. The van der Waals surface area contributed by atoms with E-state index < -0.39 is 0 Å². The van der Waals surface area contributed by atoms with E-state index in [2.05, 4.69) is 20.3 Å². The second-order valence-corrected chi connectivity index (χ2v) is 4.34. The molecule has 0 aliphatic rings. The van der Waals surface area contributed by atoms with E-state index in [-0.39, 0.29) is 0 Å². The van der Waals surface area contributed by atoms with Gasteiger partial charge in [0.1, 0.15) is 0 Å². The van der Waals surface area contributed by atoms with E-state index in [0.717, 1.165) is 15.9 Å². The van der Waals surface area contributed by atoms with Gasteiger partial charge in [-0.25, -0.2) is 15.0 Å². The van der Waals surface area contributed by atoms with E-state index >= 15 is 0 Å². The summed E-state index contributed by atoms with van der Waals surface area (Å²) < 4.78 is 1.12. The normalized spacial score (nSPS) is 10.6. The van der Waals surface area contributed by atoms with Crippen molar-refractivity contribution in [3.63, 3.8) is 0 Å². The van der Waals surface area contributed by atoms with Crippen LogP contribution in [0.2, 0.25) is 0 Å². The van der Waals surface area contributed by atoms with Crippen LogP contribution in [0.1, 0.15) is 0 Å². The predicted octanol–water partition coefficient (Wildman–Crippen LogP) is 2.41. The number of fused-ring (bicyclic) bond motifs is 1. The van der Waals surface area contributed by atoms with Gasteiger partial charge >= 0.3 is 0 Å². The Hall–Kier alpha value is -2.21. The van der Waals surface area contributed by atoms with Crippen LogP contribution in [-0.2, 0) is 0 Å². The van der Waals surface area contributed by atoms with Crippen LogP contribution in [0.3, 0.4) is 0 Å². The van der Waals surface area contributed by atoms with Gasteiger partial charge in [-0.05, 0) is 18.2 Å². The van der Waals surface area contributed by atoms with Gasteiger partial charge < -0.3 is 11.1 Å². The van der Waals surface area contributed by atoms with Gasteiger partial charge in [0.2, 0.25) is 0 Å². The Morgan fingerprint density at radius 3 is 2.88 bits per heavy atom. The Kier molecular flexibility index (Phi) is 2.34. The van der Waals surface area contributed by atoms with Crippen LogP contribution in [0.15, 0.2) is 36.1 Å². The first-order valence-electron chi connectivity index (χ1n) is 5.00. The number of aromatic nitrogens is 3. The molecule has 84 valence electrons. The highest BCUT2D eigenvalue weighted by molar-refractivity contribution is 7.16. The summed E-state index contributed by atoms with van der Waals surface area (Å²) in [6.45, 7) is 0. The van der Waals surface area contributed by atoms with Crippen LogP contribution in [0.25, 0.3) is 10.2 Å². The molecule has 5 nitrogen and oxygen atoms in total. The zero-order valence-electron chi connectivity index (χ0n) is 8.79. The van der Waals surface area contributed by atoms with Gasteiger partial charge in [-0.3, -0.25) is 0 Å². The van der Waals surface area contributed by atoms with E-state index in [1.165, 1.54) is 0 Å². The largest absolute Gasteiger partial charge is 0.381 e. The molecule has 0 bridgehead atoms. The molecule has 3 rings (SSSR count). The summed E-state index contributed by atoms with van der Waals surface area (Å²) in [6, 6.07) is 5.91. The van der Waals surface area contributed by atoms with Crippen LogP contribution < -0.4 is 11.1 Å². The molecule has 17 heavy (non-hydrogen) atoms. The van der Waals surface area contributed by atoms with E-state index in [1.807, 2.05) is 23.7 Å². The lowest BCUT2D eigenvalue weighted by Crippen LogP contribution is -2.00. The molecule has 0 fully saturated rings. The van der Waals surface area contributed by atoms with Crippen molar-refractivity contribution in [1.29, 1.82) is 0 Å². The van der Waals surface area contributed by atoms with Gasteiger partial charge in [0.25, 0.3) is 0 Å². The highest BCUT2D eigenvalue weighted by Crippen LogP contribution is 2.24. The molecule has 2 heterocycles. The average molecular weight is 243 g/mol. The maximum absolute atomic E-state index is 5.72. The van der Waals surface area contributed by atoms with Crippen molar-refractivity contribution in [2.45, 2.75) is 0 Å². The van der Waals surface area contributed by atoms with Crippen molar-refractivity contribution in [3.05, 3.63) is 36.1 Å². The summed E-state index contributed by atoms with van der Waals surface area (Å²) in [5.74, 6) is 0.952. The quantitative estimate of drug-likeness (QED) is 0.722. The highest BCUT2D eigenvalue weighted by Gasteiger charge is 2.03. The number of hydrogen-bond donors (Lipinski definition) is 2. The average Bonchev–Trinajstić information content (AvgIpc) is 2.79. The molecule has 2 aromatic heterocycles. The molecular formula is C11H9N5S. The number of nitrogens with zero attached hydrogens (tertiary/aromatic N) is 3. The topological polar surface area (TPSA) is 76.7 Å². The zero-order chi connectivity index (χ0) is 11.7. The van der Waals surface area contributed by atoms with Gasteiger partial charge in [-0.1, -0.05) is 0 Å². The fourth-order valence-corrected chi connectivity index (χ4v) is 2.23. The van der Waals surface area contributed by atoms with Gasteiger partial charge in [0.15, 0.2) is 11.6 Å². The fourth-order valence-electron chi connectivity index (χ4n) is 1.51. The second kappa shape index (κ2) is 3.99. The summed E-state index contributed by atoms with van der Waals surface area (Å²) in [5, 5.41) is 3.13. The lowest BCUT2D eigenvalue weighted by atomic mass is 10.3. The maximum atomic E-state index is 5.72. The molecule has 3 N–H and O–H groups in total. The zero-order valence-corrected chi connectivity index (χ0v) is 9.61. The minimum atomic E-state index is 0.386. The number of nitrogens with two attached hydrogens (primary N) is 1. The van der Waals surface area contributed by atoms with Crippen LogP contribution in [0, 0.1) is 0 Å². The van der Waals surface area contributed by atoms with Crippen LogP contribution in [-0.4, -0.2) is 15.0 Å². The standard InChI is InChI=1S/C11H9N5S/c12-10-11(14-4-3-13-10)16-7-1-2-8-9(5-7)17-6-15-8/h1-6H,(H2,12,13)(H,14,16). The first-order valence-corrected chi connectivity index (χ1v) is 5.87. The SMILES string of the molecule is Nc1nccnc1Nc1ccc2ncsc2c1. The van der Waals surface area contributed by atoms with Gasteiger partial charge in [0.05, 0.1) is 15.7 Å². The first kappa shape index (κ1) is 9.98. The van der Waals surface area contributed by atoms with E-state index in [4.69, 9.17) is 5.73 Å². The minimum absolute atomic E-state index is 0.386. The first-order chi connectivity index (χ1) is 8.33. The number of nitrogens with one attached hydrogen (secondary N) is 1. The number of anilines is 3. The third kappa shape index (κ3) is 1.90. The molecule has 0 atom stereocenters. The molecule has 0 saturated carbocycles. The number of thiazole rings is 1. The summed E-state index contributed by atoms with van der Waals surface area (Å²) in [4.78, 5) is 12.3. The molecule has 0 radical (unpaired) electrons. The Labute approximate surface area is 101 Å². The monoisotopic (exact) mass is 243 g/mol. The lowest BCUT2D eigenvalue weighted by Gasteiger charge is -2.06. The van der Waals surface area contributed by atoms with Crippen molar-refractivity contribution in [1.82, 2.24) is 15.0 Å².